The molecule has 2 saturated heterocycles. The van der Waals surface area contributed by atoms with Gasteiger partial charge < -0.3 is 20.9 Å². The Labute approximate surface area is 115 Å². The molecule has 1 atom stereocenters. The normalized spacial score (nSPS) is 25.4. The summed E-state index contributed by atoms with van der Waals surface area (Å²) >= 11 is 0. The first-order valence-electron chi connectivity index (χ1n) is 7.40. The number of carbonyl (C=O) groups excluding carboxylic acids is 1. The number of nitrogens with zero attached hydrogens (tertiary/aromatic N) is 2. The maximum Gasteiger partial charge on any atom is 0.314 e. The number of hydrogen-bond acceptors (Lipinski definition) is 4. The molecule has 3 N–H and O–H groups in total. The minimum atomic E-state index is -0.0390. The maximum atomic E-state index is 11.6. The smallest absolute Gasteiger partial charge is 0.314 e. The van der Waals surface area contributed by atoms with Gasteiger partial charge in [-0.05, 0) is 26.4 Å². The van der Waals surface area contributed by atoms with Gasteiger partial charge in [-0.25, -0.2) is 4.79 Å². The Morgan fingerprint density at radius 1 is 1.26 bits per heavy atom. The van der Waals surface area contributed by atoms with Crippen LogP contribution in [0, 0.1) is 0 Å². The summed E-state index contributed by atoms with van der Waals surface area (Å²) in [4.78, 5) is 16.4. The second-order valence-electron chi connectivity index (χ2n) is 5.57. The van der Waals surface area contributed by atoms with Crippen LogP contribution in [0.4, 0.5) is 4.79 Å². The van der Waals surface area contributed by atoms with Crippen molar-refractivity contribution in [3.63, 3.8) is 0 Å². The van der Waals surface area contributed by atoms with Crippen molar-refractivity contribution in [2.75, 3.05) is 59.4 Å². The fourth-order valence-electron chi connectivity index (χ4n) is 2.61. The van der Waals surface area contributed by atoms with Crippen LogP contribution in [0.15, 0.2) is 0 Å². The van der Waals surface area contributed by atoms with Gasteiger partial charge in [0.15, 0.2) is 0 Å². The van der Waals surface area contributed by atoms with E-state index in [4.69, 9.17) is 0 Å². The quantitative estimate of drug-likeness (QED) is 0.617. The van der Waals surface area contributed by atoms with Gasteiger partial charge >= 0.3 is 6.03 Å². The Balaban J connectivity index is 1.49. The molecule has 2 heterocycles. The summed E-state index contributed by atoms with van der Waals surface area (Å²) in [7, 11) is 2.15. The predicted octanol–water partition coefficient (Wildman–Crippen LogP) is -0.715. The summed E-state index contributed by atoms with van der Waals surface area (Å²) in [5, 5.41) is 9.23. The summed E-state index contributed by atoms with van der Waals surface area (Å²) < 4.78 is 0. The molecule has 1 unspecified atom stereocenters. The molecule has 6 heteroatoms. The van der Waals surface area contributed by atoms with Crippen molar-refractivity contribution in [3.8, 4) is 0 Å². The van der Waals surface area contributed by atoms with Gasteiger partial charge in [-0.15, -0.1) is 0 Å². The van der Waals surface area contributed by atoms with Crippen LogP contribution >= 0.6 is 0 Å². The van der Waals surface area contributed by atoms with Crippen LogP contribution in [-0.2, 0) is 0 Å². The molecule has 0 saturated carbocycles. The van der Waals surface area contributed by atoms with E-state index < -0.39 is 0 Å². The van der Waals surface area contributed by atoms with Crippen LogP contribution in [0.2, 0.25) is 0 Å². The standard InChI is InChI=1S/C13H27N5O/c1-17-7-9-18(10-8-17)6-5-15-13(19)16-11-12-3-2-4-14-12/h12,14H,2-11H2,1H3,(H2,15,16,19). The molecule has 2 aliphatic rings. The molecule has 0 aliphatic carbocycles. The first-order chi connectivity index (χ1) is 9.24. The molecule has 0 aromatic heterocycles. The van der Waals surface area contributed by atoms with Crippen molar-refractivity contribution in [2.45, 2.75) is 18.9 Å². The number of piperazine rings is 1. The van der Waals surface area contributed by atoms with Crippen LogP contribution in [0.5, 0.6) is 0 Å². The highest BCUT2D eigenvalue weighted by atomic mass is 16.2. The lowest BCUT2D eigenvalue weighted by Crippen LogP contribution is -2.48. The molecule has 19 heavy (non-hydrogen) atoms. The second kappa shape index (κ2) is 7.67. The van der Waals surface area contributed by atoms with E-state index in [0.717, 1.165) is 52.4 Å². The van der Waals surface area contributed by atoms with Crippen LogP contribution in [-0.4, -0.2) is 81.3 Å². The lowest BCUT2D eigenvalue weighted by molar-refractivity contribution is 0.155. The molecule has 110 valence electrons. The van der Waals surface area contributed by atoms with E-state index in [2.05, 4.69) is 32.8 Å². The number of likely N-dealkylation sites (N-methyl/N-ethyl adjacent to an activating group) is 1. The number of amides is 2. The molecule has 0 aromatic rings. The van der Waals surface area contributed by atoms with E-state index in [0.29, 0.717) is 6.04 Å². The average molecular weight is 269 g/mol. The Morgan fingerprint density at radius 3 is 2.74 bits per heavy atom. The van der Waals surface area contributed by atoms with E-state index in [1.54, 1.807) is 0 Å². The van der Waals surface area contributed by atoms with Crippen LogP contribution < -0.4 is 16.0 Å². The zero-order valence-corrected chi connectivity index (χ0v) is 12.0. The molecule has 2 rings (SSSR count). The van der Waals surface area contributed by atoms with Crippen LogP contribution in [0.3, 0.4) is 0 Å². The zero-order chi connectivity index (χ0) is 13.5. The molecule has 0 spiro atoms. The Morgan fingerprint density at radius 2 is 2.05 bits per heavy atom. The van der Waals surface area contributed by atoms with E-state index in [1.165, 1.54) is 12.8 Å². The third-order valence-electron chi connectivity index (χ3n) is 3.98. The van der Waals surface area contributed by atoms with Gasteiger partial charge in [0.2, 0.25) is 0 Å². The van der Waals surface area contributed by atoms with Crippen molar-refractivity contribution < 1.29 is 4.79 Å². The lowest BCUT2D eigenvalue weighted by Gasteiger charge is -2.32. The van der Waals surface area contributed by atoms with Gasteiger partial charge in [0.05, 0.1) is 0 Å². The Bertz CT molecular complexity index is 272. The molecule has 6 nitrogen and oxygen atoms in total. The molecule has 0 radical (unpaired) electrons. The van der Waals surface area contributed by atoms with Gasteiger partial charge in [-0.1, -0.05) is 0 Å². The van der Waals surface area contributed by atoms with E-state index in [9.17, 15) is 4.79 Å². The first kappa shape index (κ1) is 14.6. The number of rotatable bonds is 5. The molecule has 2 amide bonds. The summed E-state index contributed by atoms with van der Waals surface area (Å²) in [6.45, 7) is 7.95. The summed E-state index contributed by atoms with van der Waals surface area (Å²) in [6, 6.07) is 0.422. The fourth-order valence-corrected chi connectivity index (χ4v) is 2.61. The van der Waals surface area contributed by atoms with Crippen molar-refractivity contribution in [2.24, 2.45) is 0 Å². The fraction of sp³-hybridized carbons (Fsp3) is 0.923. The highest BCUT2D eigenvalue weighted by Gasteiger charge is 2.15. The summed E-state index contributed by atoms with van der Waals surface area (Å²) in [6.07, 6.45) is 2.39. The van der Waals surface area contributed by atoms with E-state index in [-0.39, 0.29) is 6.03 Å². The molecule has 2 fully saturated rings. The van der Waals surface area contributed by atoms with Gasteiger partial charge in [0.25, 0.3) is 0 Å². The SMILES string of the molecule is CN1CCN(CCNC(=O)NCC2CCCN2)CC1. The molecule has 0 aromatic carbocycles. The summed E-state index contributed by atoms with van der Waals surface area (Å²) in [5.74, 6) is 0. The van der Waals surface area contributed by atoms with E-state index >= 15 is 0 Å². The first-order valence-corrected chi connectivity index (χ1v) is 7.40. The Hall–Kier alpha value is -0.850. The van der Waals surface area contributed by atoms with Gasteiger partial charge in [0, 0.05) is 51.9 Å². The van der Waals surface area contributed by atoms with Crippen LogP contribution in [0.25, 0.3) is 0 Å². The topological polar surface area (TPSA) is 59.6 Å². The minimum absolute atomic E-state index is 0.0390. The molecular formula is C13H27N5O. The molecule has 0 bridgehead atoms. The molecule has 2 aliphatic heterocycles. The molecular weight excluding hydrogens is 242 g/mol. The second-order valence-corrected chi connectivity index (χ2v) is 5.57. The number of urea groups is 1. The van der Waals surface area contributed by atoms with E-state index in [1.807, 2.05) is 0 Å². The predicted molar refractivity (Wildman–Crippen MR) is 76.4 cm³/mol. The van der Waals surface area contributed by atoms with Crippen LogP contribution in [0.1, 0.15) is 12.8 Å². The zero-order valence-electron chi connectivity index (χ0n) is 12.0. The van der Waals surface area contributed by atoms with Crippen molar-refractivity contribution in [1.82, 2.24) is 25.8 Å². The summed E-state index contributed by atoms with van der Waals surface area (Å²) in [5.41, 5.74) is 0. The average Bonchev–Trinajstić information content (AvgIpc) is 2.92. The third-order valence-corrected chi connectivity index (χ3v) is 3.98. The minimum Gasteiger partial charge on any atom is -0.337 e. The third kappa shape index (κ3) is 5.34. The number of carbonyl (C=O) groups is 1. The van der Waals surface area contributed by atoms with Gasteiger partial charge in [0.1, 0.15) is 0 Å². The van der Waals surface area contributed by atoms with Crippen molar-refractivity contribution in [3.05, 3.63) is 0 Å². The largest absolute Gasteiger partial charge is 0.337 e. The lowest BCUT2D eigenvalue weighted by atomic mass is 10.2. The highest BCUT2D eigenvalue weighted by Crippen LogP contribution is 2.02. The monoisotopic (exact) mass is 269 g/mol. The number of nitrogens with one attached hydrogen (secondary N) is 3. The van der Waals surface area contributed by atoms with Gasteiger partial charge in [-0.2, -0.15) is 0 Å². The highest BCUT2D eigenvalue weighted by molar-refractivity contribution is 5.73. The van der Waals surface area contributed by atoms with Gasteiger partial charge in [-0.3, -0.25) is 4.90 Å². The Kier molecular flexibility index (Phi) is 5.88. The van der Waals surface area contributed by atoms with Crippen molar-refractivity contribution in [1.29, 1.82) is 0 Å². The number of hydrogen-bond donors (Lipinski definition) is 3. The maximum absolute atomic E-state index is 11.6. The van der Waals surface area contributed by atoms with Crippen molar-refractivity contribution >= 4 is 6.03 Å².